The molecule has 0 radical (unpaired) electrons. The first-order valence-electron chi connectivity index (χ1n) is 5.65. The van der Waals surface area contributed by atoms with Crippen LogP contribution in [0.15, 0.2) is 45.8 Å². The van der Waals surface area contributed by atoms with Gasteiger partial charge in [-0.2, -0.15) is 0 Å². The van der Waals surface area contributed by atoms with Gasteiger partial charge in [0.25, 0.3) is 10.0 Å². The average molecular weight is 486 g/mol. The summed E-state index contributed by atoms with van der Waals surface area (Å²) < 4.78 is 47.1. The second-order valence-electron chi connectivity index (χ2n) is 4.02. The van der Waals surface area contributed by atoms with Crippen molar-refractivity contribution >= 4 is 54.2 Å². The van der Waals surface area contributed by atoms with Crippen molar-refractivity contribution in [1.82, 2.24) is 0 Å². The molecule has 4 nitrogen and oxygen atoms in total. The van der Waals surface area contributed by atoms with Crippen molar-refractivity contribution in [3.8, 4) is 5.75 Å². The summed E-state index contributed by atoms with van der Waals surface area (Å²) in [4.78, 5) is -0.0719. The zero-order valence-corrected chi connectivity index (χ0v) is 15.3. The first-order chi connectivity index (χ1) is 9.83. The van der Waals surface area contributed by atoms with Gasteiger partial charge in [0.05, 0.1) is 12.8 Å². The van der Waals surface area contributed by atoms with E-state index in [9.17, 15) is 12.8 Å². The molecular weight excluding hydrogens is 476 g/mol. The molecule has 2 rings (SSSR count). The maximum atomic E-state index is 13.8. The van der Waals surface area contributed by atoms with Gasteiger partial charge in [-0.15, -0.1) is 0 Å². The minimum Gasteiger partial charge on any atom is -0.495 e. The number of benzene rings is 2. The third-order valence-corrected chi connectivity index (χ3v) is 5.14. The van der Waals surface area contributed by atoms with Crippen LogP contribution >= 0.6 is 38.5 Å². The number of ether oxygens (including phenoxy) is 1. The predicted molar refractivity (Wildman–Crippen MR) is 90.6 cm³/mol. The summed E-state index contributed by atoms with van der Waals surface area (Å²) in [6.07, 6.45) is 0. The van der Waals surface area contributed by atoms with E-state index in [4.69, 9.17) is 4.74 Å². The molecule has 0 spiro atoms. The largest absolute Gasteiger partial charge is 0.495 e. The summed E-state index contributed by atoms with van der Waals surface area (Å²) in [5.41, 5.74) is -0.113. The number of halogens is 3. The van der Waals surface area contributed by atoms with Gasteiger partial charge in [-0.05, 0) is 59.0 Å². The van der Waals surface area contributed by atoms with Crippen LogP contribution in [0.5, 0.6) is 5.75 Å². The molecule has 21 heavy (non-hydrogen) atoms. The Morgan fingerprint density at radius 3 is 2.57 bits per heavy atom. The number of sulfonamides is 1. The fourth-order valence-electron chi connectivity index (χ4n) is 1.63. The quantitative estimate of drug-likeness (QED) is 0.666. The zero-order valence-electron chi connectivity index (χ0n) is 10.7. The third-order valence-electron chi connectivity index (χ3n) is 2.59. The van der Waals surface area contributed by atoms with Crippen molar-refractivity contribution in [2.75, 3.05) is 11.8 Å². The van der Waals surface area contributed by atoms with Gasteiger partial charge in [-0.3, -0.25) is 4.72 Å². The summed E-state index contributed by atoms with van der Waals surface area (Å²) in [6, 6.07) is 8.80. The van der Waals surface area contributed by atoms with E-state index in [1.807, 2.05) is 22.6 Å². The van der Waals surface area contributed by atoms with Crippen LogP contribution in [-0.4, -0.2) is 15.5 Å². The van der Waals surface area contributed by atoms with Crippen LogP contribution in [-0.2, 0) is 10.0 Å². The average Bonchev–Trinajstić information content (AvgIpc) is 2.42. The molecule has 0 saturated carbocycles. The normalized spacial score (nSPS) is 11.2. The van der Waals surface area contributed by atoms with Crippen LogP contribution in [0.3, 0.4) is 0 Å². The van der Waals surface area contributed by atoms with Crippen LogP contribution in [0.1, 0.15) is 0 Å². The van der Waals surface area contributed by atoms with E-state index in [2.05, 4.69) is 20.7 Å². The van der Waals surface area contributed by atoms with E-state index in [1.165, 1.54) is 31.4 Å². The standard InChI is InChI=1S/C13H10BrFINO3S/c1-20-12-5-2-8(14)6-13(12)21(18,19)17-11-4-3-9(16)7-10(11)15/h2-7,17H,1H3. The fourth-order valence-corrected chi connectivity index (χ4v) is 3.86. The van der Waals surface area contributed by atoms with Crippen LogP contribution in [0.2, 0.25) is 0 Å². The number of nitrogens with one attached hydrogen (secondary N) is 1. The Balaban J connectivity index is 2.45. The summed E-state index contributed by atoms with van der Waals surface area (Å²) in [5, 5.41) is 0. The Morgan fingerprint density at radius 2 is 1.95 bits per heavy atom. The van der Waals surface area contributed by atoms with Gasteiger partial charge >= 0.3 is 0 Å². The van der Waals surface area contributed by atoms with Gasteiger partial charge < -0.3 is 4.74 Å². The third kappa shape index (κ3) is 3.86. The topological polar surface area (TPSA) is 55.4 Å². The highest BCUT2D eigenvalue weighted by Crippen LogP contribution is 2.29. The van der Waals surface area contributed by atoms with E-state index in [0.717, 1.165) is 0 Å². The molecule has 0 atom stereocenters. The highest BCUT2D eigenvalue weighted by Gasteiger charge is 2.21. The van der Waals surface area contributed by atoms with Crippen LogP contribution in [0.25, 0.3) is 0 Å². The smallest absolute Gasteiger partial charge is 0.265 e. The van der Waals surface area contributed by atoms with Gasteiger partial charge in [0, 0.05) is 8.04 Å². The first-order valence-corrected chi connectivity index (χ1v) is 9.00. The molecule has 1 N–H and O–H groups in total. The molecule has 0 amide bonds. The molecule has 0 aromatic heterocycles. The van der Waals surface area contributed by atoms with Gasteiger partial charge in [0.15, 0.2) is 0 Å². The van der Waals surface area contributed by atoms with Crippen LogP contribution in [0, 0.1) is 9.39 Å². The monoisotopic (exact) mass is 485 g/mol. The van der Waals surface area contributed by atoms with Gasteiger partial charge in [-0.25, -0.2) is 12.8 Å². The SMILES string of the molecule is COc1ccc(Br)cc1S(=O)(=O)Nc1ccc(I)cc1F. The highest BCUT2D eigenvalue weighted by molar-refractivity contribution is 14.1. The Kier molecular flexibility index (Phi) is 5.10. The molecule has 2 aromatic carbocycles. The Hall–Kier alpha value is -0.870. The van der Waals surface area contributed by atoms with E-state index in [-0.39, 0.29) is 16.3 Å². The summed E-state index contributed by atoms with van der Waals surface area (Å²) in [5.74, 6) is -0.462. The zero-order chi connectivity index (χ0) is 15.6. The Morgan fingerprint density at radius 1 is 1.24 bits per heavy atom. The highest BCUT2D eigenvalue weighted by atomic mass is 127. The second kappa shape index (κ2) is 6.49. The van der Waals surface area contributed by atoms with Gasteiger partial charge in [0.2, 0.25) is 0 Å². The van der Waals surface area contributed by atoms with E-state index >= 15 is 0 Å². The van der Waals surface area contributed by atoms with Crippen molar-refractivity contribution in [3.63, 3.8) is 0 Å². The lowest BCUT2D eigenvalue weighted by Gasteiger charge is -2.12. The van der Waals surface area contributed by atoms with Gasteiger partial charge in [-0.1, -0.05) is 15.9 Å². The molecule has 0 fully saturated rings. The van der Waals surface area contributed by atoms with Gasteiger partial charge in [0.1, 0.15) is 16.5 Å². The molecule has 2 aromatic rings. The number of rotatable bonds is 4. The molecule has 8 heteroatoms. The van der Waals surface area contributed by atoms with Crippen molar-refractivity contribution in [1.29, 1.82) is 0 Å². The molecule has 0 aliphatic heterocycles. The Labute approximate surface area is 144 Å². The van der Waals surface area contributed by atoms with E-state index in [0.29, 0.717) is 8.04 Å². The maximum Gasteiger partial charge on any atom is 0.265 e. The number of hydrogen-bond acceptors (Lipinski definition) is 3. The fraction of sp³-hybridized carbons (Fsp3) is 0.0769. The molecule has 0 aliphatic rings. The van der Waals surface area contributed by atoms with Crippen molar-refractivity contribution in [3.05, 3.63) is 50.3 Å². The number of hydrogen-bond donors (Lipinski definition) is 1. The van der Waals surface area contributed by atoms with E-state index < -0.39 is 15.8 Å². The Bertz CT molecular complexity index is 783. The molecule has 0 aliphatic carbocycles. The molecule has 0 unspecified atom stereocenters. The van der Waals surface area contributed by atoms with Crippen LogP contribution in [0.4, 0.5) is 10.1 Å². The second-order valence-corrected chi connectivity index (χ2v) is 7.84. The minimum absolute atomic E-state index is 0.0719. The van der Waals surface area contributed by atoms with E-state index in [1.54, 1.807) is 12.1 Å². The molecule has 0 saturated heterocycles. The number of methoxy groups -OCH3 is 1. The summed E-state index contributed by atoms with van der Waals surface area (Å²) >= 11 is 5.15. The summed E-state index contributed by atoms with van der Waals surface area (Å²) in [6.45, 7) is 0. The summed E-state index contributed by atoms with van der Waals surface area (Å²) in [7, 11) is -2.59. The lowest BCUT2D eigenvalue weighted by Crippen LogP contribution is -2.15. The van der Waals surface area contributed by atoms with Crippen molar-refractivity contribution in [2.45, 2.75) is 4.90 Å². The van der Waals surface area contributed by atoms with Crippen molar-refractivity contribution in [2.24, 2.45) is 0 Å². The minimum atomic E-state index is -3.96. The predicted octanol–water partition coefficient (Wildman–Crippen LogP) is 4.00. The number of anilines is 1. The first kappa shape index (κ1) is 16.5. The lowest BCUT2D eigenvalue weighted by molar-refractivity contribution is 0.402. The van der Waals surface area contributed by atoms with Crippen LogP contribution < -0.4 is 9.46 Å². The van der Waals surface area contributed by atoms with Crippen molar-refractivity contribution < 1.29 is 17.5 Å². The molecule has 0 bridgehead atoms. The molecule has 0 heterocycles. The lowest BCUT2D eigenvalue weighted by atomic mass is 10.3. The molecule has 112 valence electrons. The maximum absolute atomic E-state index is 13.8. The molecular formula is C13H10BrFINO3S.